The standard InChI is InChI=1S/C17H29N3O3S/c1-7-11(2)14(20-16(22)23-17(4,5)6)15(21)18-9-8-13-12(3)19-10-24-13/h10-11,14H,7-9H2,1-6H3,(H,18,21)(H,20,22)/t11-,14-/m0/s1. The van der Waals surface area contributed by atoms with Crippen LogP contribution in [0.25, 0.3) is 0 Å². The van der Waals surface area contributed by atoms with E-state index in [1.807, 2.05) is 20.8 Å². The summed E-state index contributed by atoms with van der Waals surface area (Å²) in [4.78, 5) is 29.8. The van der Waals surface area contributed by atoms with Gasteiger partial charge in [-0.15, -0.1) is 11.3 Å². The van der Waals surface area contributed by atoms with Crippen molar-refractivity contribution in [3.8, 4) is 0 Å². The van der Waals surface area contributed by atoms with E-state index in [0.29, 0.717) is 6.54 Å². The van der Waals surface area contributed by atoms with Crippen molar-refractivity contribution in [2.24, 2.45) is 5.92 Å². The Morgan fingerprint density at radius 3 is 2.54 bits per heavy atom. The number of aryl methyl sites for hydroxylation is 1. The monoisotopic (exact) mass is 355 g/mol. The maximum absolute atomic E-state index is 12.5. The molecule has 1 rings (SSSR count). The zero-order valence-corrected chi connectivity index (χ0v) is 16.3. The summed E-state index contributed by atoms with van der Waals surface area (Å²) in [6, 6.07) is -0.604. The first-order valence-corrected chi connectivity index (χ1v) is 9.18. The zero-order chi connectivity index (χ0) is 18.3. The average molecular weight is 356 g/mol. The van der Waals surface area contributed by atoms with Gasteiger partial charge in [-0.2, -0.15) is 0 Å². The summed E-state index contributed by atoms with van der Waals surface area (Å²) >= 11 is 1.59. The molecule has 2 atom stereocenters. The van der Waals surface area contributed by atoms with Crippen molar-refractivity contribution in [1.29, 1.82) is 0 Å². The Morgan fingerprint density at radius 2 is 2.04 bits per heavy atom. The first-order chi connectivity index (χ1) is 11.1. The maximum Gasteiger partial charge on any atom is 0.408 e. The molecule has 0 aliphatic heterocycles. The van der Waals surface area contributed by atoms with Crippen LogP contribution in [0.15, 0.2) is 5.51 Å². The van der Waals surface area contributed by atoms with Crippen molar-refractivity contribution in [2.45, 2.75) is 66.0 Å². The first-order valence-electron chi connectivity index (χ1n) is 8.30. The van der Waals surface area contributed by atoms with Gasteiger partial charge in [0.05, 0.1) is 11.2 Å². The minimum atomic E-state index is -0.604. The fourth-order valence-electron chi connectivity index (χ4n) is 2.11. The van der Waals surface area contributed by atoms with E-state index in [2.05, 4.69) is 15.6 Å². The Bertz CT molecular complexity index is 552. The SMILES string of the molecule is CC[C@H](C)[C@H](NC(=O)OC(C)(C)C)C(=O)NCCc1scnc1C. The second-order valence-electron chi connectivity index (χ2n) is 6.91. The largest absolute Gasteiger partial charge is 0.444 e. The van der Waals surface area contributed by atoms with Gasteiger partial charge in [-0.05, 0) is 33.6 Å². The lowest BCUT2D eigenvalue weighted by Gasteiger charge is -2.26. The number of hydrogen-bond donors (Lipinski definition) is 2. The molecule has 0 fully saturated rings. The highest BCUT2D eigenvalue weighted by molar-refractivity contribution is 7.09. The van der Waals surface area contributed by atoms with Crippen LogP contribution < -0.4 is 10.6 Å². The molecular formula is C17H29N3O3S. The number of nitrogens with zero attached hydrogens (tertiary/aromatic N) is 1. The van der Waals surface area contributed by atoms with E-state index >= 15 is 0 Å². The summed E-state index contributed by atoms with van der Waals surface area (Å²) in [5.41, 5.74) is 2.21. The Morgan fingerprint density at radius 1 is 1.38 bits per heavy atom. The highest BCUT2D eigenvalue weighted by Crippen LogP contribution is 2.13. The lowest BCUT2D eigenvalue weighted by Crippen LogP contribution is -2.51. The predicted octanol–water partition coefficient (Wildman–Crippen LogP) is 3.05. The van der Waals surface area contributed by atoms with E-state index in [0.717, 1.165) is 23.4 Å². The van der Waals surface area contributed by atoms with Gasteiger partial charge >= 0.3 is 6.09 Å². The third-order valence-electron chi connectivity index (χ3n) is 3.66. The molecule has 1 aromatic rings. The summed E-state index contributed by atoms with van der Waals surface area (Å²) in [6.07, 6.45) is 0.949. The molecule has 6 nitrogen and oxygen atoms in total. The lowest BCUT2D eigenvalue weighted by atomic mass is 9.98. The zero-order valence-electron chi connectivity index (χ0n) is 15.4. The van der Waals surface area contributed by atoms with Crippen molar-refractivity contribution in [3.63, 3.8) is 0 Å². The lowest BCUT2D eigenvalue weighted by molar-refractivity contribution is -0.124. The smallest absolute Gasteiger partial charge is 0.408 e. The third kappa shape index (κ3) is 6.86. The van der Waals surface area contributed by atoms with E-state index in [1.165, 1.54) is 0 Å². The van der Waals surface area contributed by atoms with Gasteiger partial charge in [0.15, 0.2) is 0 Å². The highest BCUT2D eigenvalue weighted by atomic mass is 32.1. The predicted molar refractivity (Wildman–Crippen MR) is 96.2 cm³/mol. The van der Waals surface area contributed by atoms with Crippen LogP contribution in [-0.4, -0.2) is 35.2 Å². The van der Waals surface area contributed by atoms with Gasteiger partial charge in [0.1, 0.15) is 11.6 Å². The summed E-state index contributed by atoms with van der Waals surface area (Å²) in [5, 5.41) is 5.60. The normalized spacial score (nSPS) is 13.9. The third-order valence-corrected chi connectivity index (χ3v) is 4.66. The molecule has 0 bridgehead atoms. The second kappa shape index (κ2) is 9.01. The molecule has 1 heterocycles. The van der Waals surface area contributed by atoms with E-state index in [4.69, 9.17) is 4.74 Å². The molecule has 7 heteroatoms. The number of amides is 2. The number of carbonyl (C=O) groups excluding carboxylic acids is 2. The molecule has 0 aliphatic rings. The number of nitrogens with one attached hydrogen (secondary N) is 2. The second-order valence-corrected chi connectivity index (χ2v) is 7.85. The van der Waals surface area contributed by atoms with Crippen LogP contribution in [-0.2, 0) is 16.0 Å². The summed E-state index contributed by atoms with van der Waals surface area (Å²) in [7, 11) is 0. The van der Waals surface area contributed by atoms with Gasteiger partial charge in [0.2, 0.25) is 5.91 Å². The fraction of sp³-hybridized carbons (Fsp3) is 0.706. The van der Waals surface area contributed by atoms with Gasteiger partial charge in [-0.1, -0.05) is 20.3 Å². The van der Waals surface area contributed by atoms with Crippen LogP contribution in [0.5, 0.6) is 0 Å². The van der Waals surface area contributed by atoms with Gasteiger partial charge in [-0.3, -0.25) is 4.79 Å². The van der Waals surface area contributed by atoms with E-state index < -0.39 is 17.7 Å². The minimum absolute atomic E-state index is 0.0164. The molecule has 136 valence electrons. The van der Waals surface area contributed by atoms with E-state index in [9.17, 15) is 9.59 Å². The quantitative estimate of drug-likeness (QED) is 0.788. The van der Waals surface area contributed by atoms with Crippen LogP contribution in [0.2, 0.25) is 0 Å². The van der Waals surface area contributed by atoms with Crippen LogP contribution in [0.1, 0.15) is 51.6 Å². The summed E-state index contributed by atoms with van der Waals surface area (Å²) in [6.45, 7) is 11.8. The number of carbonyl (C=O) groups is 2. The van der Waals surface area contributed by atoms with Crippen LogP contribution in [0.4, 0.5) is 4.79 Å². The minimum Gasteiger partial charge on any atom is -0.444 e. The Hall–Kier alpha value is -1.63. The Labute approximate surface area is 148 Å². The number of aromatic nitrogens is 1. The van der Waals surface area contributed by atoms with Gasteiger partial charge < -0.3 is 15.4 Å². The molecule has 0 aromatic carbocycles. The molecule has 0 radical (unpaired) electrons. The van der Waals surface area contributed by atoms with Crippen LogP contribution in [0.3, 0.4) is 0 Å². The number of thiazole rings is 1. The maximum atomic E-state index is 12.5. The van der Waals surface area contributed by atoms with Crippen LogP contribution >= 0.6 is 11.3 Å². The first kappa shape index (κ1) is 20.4. The summed E-state index contributed by atoms with van der Waals surface area (Å²) < 4.78 is 5.26. The molecule has 0 saturated heterocycles. The molecule has 0 unspecified atom stereocenters. The van der Waals surface area contributed by atoms with Crippen LogP contribution in [0, 0.1) is 12.8 Å². The van der Waals surface area contributed by atoms with Crippen molar-refractivity contribution < 1.29 is 14.3 Å². The molecule has 0 saturated carbocycles. The van der Waals surface area contributed by atoms with Gasteiger partial charge in [0.25, 0.3) is 0 Å². The van der Waals surface area contributed by atoms with E-state index in [-0.39, 0.29) is 11.8 Å². The number of rotatable bonds is 7. The van der Waals surface area contributed by atoms with Crippen molar-refractivity contribution in [3.05, 3.63) is 16.1 Å². The molecule has 0 spiro atoms. The van der Waals surface area contributed by atoms with Crippen molar-refractivity contribution in [2.75, 3.05) is 6.54 Å². The molecule has 24 heavy (non-hydrogen) atoms. The van der Waals surface area contributed by atoms with E-state index in [1.54, 1.807) is 37.6 Å². The Balaban J connectivity index is 2.58. The molecule has 2 N–H and O–H groups in total. The molecular weight excluding hydrogens is 326 g/mol. The average Bonchev–Trinajstić information content (AvgIpc) is 2.87. The number of hydrogen-bond acceptors (Lipinski definition) is 5. The summed E-state index contributed by atoms with van der Waals surface area (Å²) in [5.74, 6) is -0.167. The van der Waals surface area contributed by atoms with Gasteiger partial charge in [0, 0.05) is 17.8 Å². The number of alkyl carbamates (subject to hydrolysis) is 1. The van der Waals surface area contributed by atoms with Gasteiger partial charge in [-0.25, -0.2) is 9.78 Å². The van der Waals surface area contributed by atoms with Crippen molar-refractivity contribution in [1.82, 2.24) is 15.6 Å². The molecule has 0 aliphatic carbocycles. The Kier molecular flexibility index (Phi) is 7.66. The number of ether oxygens (including phenoxy) is 1. The molecule has 2 amide bonds. The van der Waals surface area contributed by atoms with Crippen molar-refractivity contribution >= 4 is 23.3 Å². The highest BCUT2D eigenvalue weighted by Gasteiger charge is 2.28. The topological polar surface area (TPSA) is 80.3 Å². The fourth-order valence-corrected chi connectivity index (χ4v) is 2.89. The molecule has 1 aromatic heterocycles.